The molecule has 0 aliphatic carbocycles. The highest BCUT2D eigenvalue weighted by molar-refractivity contribution is 5.78. The predicted octanol–water partition coefficient (Wildman–Crippen LogP) is 1.23. The van der Waals surface area contributed by atoms with Gasteiger partial charge in [0, 0.05) is 24.8 Å². The van der Waals surface area contributed by atoms with Gasteiger partial charge >= 0.3 is 5.97 Å². The zero-order valence-electron chi connectivity index (χ0n) is 12.8. The SMILES string of the molecule is NCCNc1ccn2ncc(-c3cccc(OCC(=O)O)c3)c2n1. The molecule has 0 spiro atoms. The fraction of sp³-hybridized carbons (Fsp3) is 0.188. The maximum absolute atomic E-state index is 10.6. The average Bonchev–Trinajstić information content (AvgIpc) is 3.01. The van der Waals surface area contributed by atoms with E-state index in [1.807, 2.05) is 18.3 Å². The number of carbonyl (C=O) groups is 1. The van der Waals surface area contributed by atoms with E-state index in [9.17, 15) is 4.79 Å². The molecule has 8 nitrogen and oxygen atoms in total. The summed E-state index contributed by atoms with van der Waals surface area (Å²) in [6.07, 6.45) is 3.53. The van der Waals surface area contributed by atoms with Gasteiger partial charge in [0.05, 0.1) is 6.20 Å². The molecule has 0 unspecified atom stereocenters. The summed E-state index contributed by atoms with van der Waals surface area (Å²) < 4.78 is 6.90. The summed E-state index contributed by atoms with van der Waals surface area (Å²) in [6, 6.07) is 8.99. The summed E-state index contributed by atoms with van der Waals surface area (Å²) in [6.45, 7) is 0.761. The van der Waals surface area contributed by atoms with Crippen molar-refractivity contribution in [3.8, 4) is 16.9 Å². The zero-order valence-corrected chi connectivity index (χ0v) is 12.8. The van der Waals surface area contributed by atoms with Gasteiger partial charge in [0.1, 0.15) is 11.6 Å². The number of ether oxygens (including phenoxy) is 1. The van der Waals surface area contributed by atoms with Crippen LogP contribution in [-0.2, 0) is 4.79 Å². The minimum Gasteiger partial charge on any atom is -0.482 e. The smallest absolute Gasteiger partial charge is 0.341 e. The maximum atomic E-state index is 10.6. The average molecular weight is 327 g/mol. The molecule has 0 atom stereocenters. The molecule has 2 heterocycles. The standard InChI is InChI=1S/C16H17N5O3/c17-5-6-18-14-4-7-21-16(20-14)13(9-19-21)11-2-1-3-12(8-11)24-10-15(22)23/h1-4,7-9H,5-6,10,17H2,(H,18,20)(H,22,23). The lowest BCUT2D eigenvalue weighted by atomic mass is 10.1. The Morgan fingerprint density at radius 3 is 3.04 bits per heavy atom. The predicted molar refractivity (Wildman–Crippen MR) is 89.1 cm³/mol. The number of nitrogens with two attached hydrogens (primary N) is 1. The van der Waals surface area contributed by atoms with Crippen LogP contribution in [0.2, 0.25) is 0 Å². The Bertz CT molecular complexity index is 862. The first-order valence-corrected chi connectivity index (χ1v) is 7.41. The van der Waals surface area contributed by atoms with Gasteiger partial charge in [0.15, 0.2) is 12.3 Å². The van der Waals surface area contributed by atoms with Crippen LogP contribution < -0.4 is 15.8 Å². The summed E-state index contributed by atoms with van der Waals surface area (Å²) in [5, 5.41) is 16.1. The van der Waals surface area contributed by atoms with Crippen molar-refractivity contribution in [2.45, 2.75) is 0 Å². The van der Waals surface area contributed by atoms with Crippen molar-refractivity contribution >= 4 is 17.4 Å². The third-order valence-electron chi connectivity index (χ3n) is 3.33. The van der Waals surface area contributed by atoms with E-state index >= 15 is 0 Å². The molecule has 0 saturated carbocycles. The molecule has 124 valence electrons. The van der Waals surface area contributed by atoms with Crippen LogP contribution in [0.1, 0.15) is 0 Å². The molecular weight excluding hydrogens is 310 g/mol. The molecule has 3 aromatic rings. The number of carboxylic acid groups (broad SMARTS) is 1. The Morgan fingerprint density at radius 1 is 1.38 bits per heavy atom. The first-order chi connectivity index (χ1) is 11.7. The molecule has 0 radical (unpaired) electrons. The first-order valence-electron chi connectivity index (χ1n) is 7.41. The van der Waals surface area contributed by atoms with Crippen molar-refractivity contribution in [3.63, 3.8) is 0 Å². The molecule has 0 aliphatic rings. The molecule has 4 N–H and O–H groups in total. The van der Waals surface area contributed by atoms with Gasteiger partial charge in [-0.05, 0) is 23.8 Å². The van der Waals surface area contributed by atoms with Crippen molar-refractivity contribution in [1.82, 2.24) is 14.6 Å². The third kappa shape index (κ3) is 3.44. The molecule has 24 heavy (non-hydrogen) atoms. The second-order valence-corrected chi connectivity index (χ2v) is 5.06. The molecule has 0 saturated heterocycles. The lowest BCUT2D eigenvalue weighted by Crippen LogP contribution is -2.14. The molecule has 0 bridgehead atoms. The van der Waals surface area contributed by atoms with Crippen molar-refractivity contribution in [1.29, 1.82) is 0 Å². The van der Waals surface area contributed by atoms with Crippen LogP contribution in [0.3, 0.4) is 0 Å². The van der Waals surface area contributed by atoms with Crippen LogP contribution in [0.15, 0.2) is 42.7 Å². The molecule has 0 aliphatic heterocycles. The van der Waals surface area contributed by atoms with E-state index in [-0.39, 0.29) is 6.61 Å². The fourth-order valence-corrected chi connectivity index (χ4v) is 2.27. The van der Waals surface area contributed by atoms with Crippen LogP contribution in [-0.4, -0.2) is 45.4 Å². The number of carboxylic acids is 1. The van der Waals surface area contributed by atoms with Gasteiger partial charge in [-0.15, -0.1) is 0 Å². The second kappa shape index (κ2) is 6.97. The van der Waals surface area contributed by atoms with Crippen molar-refractivity contribution < 1.29 is 14.6 Å². The molecule has 2 aromatic heterocycles. The number of benzene rings is 1. The number of fused-ring (bicyclic) bond motifs is 1. The first kappa shape index (κ1) is 15.8. The lowest BCUT2D eigenvalue weighted by Gasteiger charge is -2.06. The molecule has 3 rings (SSSR count). The topological polar surface area (TPSA) is 115 Å². The Balaban J connectivity index is 1.93. The number of rotatable bonds is 7. The molecule has 1 aromatic carbocycles. The third-order valence-corrected chi connectivity index (χ3v) is 3.33. The summed E-state index contributed by atoms with van der Waals surface area (Å²) in [4.78, 5) is 15.2. The van der Waals surface area contributed by atoms with E-state index < -0.39 is 5.97 Å². The van der Waals surface area contributed by atoms with E-state index in [0.717, 1.165) is 11.1 Å². The lowest BCUT2D eigenvalue weighted by molar-refractivity contribution is -0.139. The highest BCUT2D eigenvalue weighted by Crippen LogP contribution is 2.27. The van der Waals surface area contributed by atoms with Gasteiger partial charge in [-0.1, -0.05) is 12.1 Å². The van der Waals surface area contributed by atoms with Crippen molar-refractivity contribution in [2.24, 2.45) is 5.73 Å². The highest BCUT2D eigenvalue weighted by Gasteiger charge is 2.10. The van der Waals surface area contributed by atoms with Gasteiger partial charge in [-0.25, -0.2) is 14.3 Å². The number of aromatic nitrogens is 3. The largest absolute Gasteiger partial charge is 0.482 e. The number of nitrogens with zero attached hydrogens (tertiary/aromatic N) is 3. The van der Waals surface area contributed by atoms with Crippen LogP contribution >= 0.6 is 0 Å². The monoisotopic (exact) mass is 327 g/mol. The van der Waals surface area contributed by atoms with E-state index in [1.165, 1.54) is 0 Å². The number of hydrogen-bond acceptors (Lipinski definition) is 6. The van der Waals surface area contributed by atoms with E-state index in [4.69, 9.17) is 15.6 Å². The van der Waals surface area contributed by atoms with E-state index in [2.05, 4.69) is 15.4 Å². The van der Waals surface area contributed by atoms with E-state index in [0.29, 0.717) is 30.3 Å². The maximum Gasteiger partial charge on any atom is 0.341 e. The van der Waals surface area contributed by atoms with Crippen LogP contribution in [0, 0.1) is 0 Å². The summed E-state index contributed by atoms with van der Waals surface area (Å²) in [5.74, 6) is 0.174. The van der Waals surface area contributed by atoms with Crippen LogP contribution in [0.25, 0.3) is 16.8 Å². The van der Waals surface area contributed by atoms with E-state index in [1.54, 1.807) is 28.9 Å². The Labute approximate surface area is 137 Å². The van der Waals surface area contributed by atoms with Gasteiger partial charge in [0.25, 0.3) is 0 Å². The molecule has 0 amide bonds. The summed E-state index contributed by atoms with van der Waals surface area (Å²) in [7, 11) is 0. The second-order valence-electron chi connectivity index (χ2n) is 5.06. The van der Waals surface area contributed by atoms with Crippen molar-refractivity contribution in [3.05, 3.63) is 42.7 Å². The quantitative estimate of drug-likeness (QED) is 0.598. The van der Waals surface area contributed by atoms with Gasteiger partial charge in [-0.3, -0.25) is 0 Å². The number of anilines is 1. The Morgan fingerprint density at radius 2 is 2.25 bits per heavy atom. The highest BCUT2D eigenvalue weighted by atomic mass is 16.5. The Hall–Kier alpha value is -3.13. The normalized spacial score (nSPS) is 10.7. The number of nitrogens with one attached hydrogen (secondary N) is 1. The zero-order chi connectivity index (χ0) is 16.9. The minimum atomic E-state index is -1.02. The number of aliphatic carboxylic acids is 1. The van der Waals surface area contributed by atoms with Crippen LogP contribution in [0.4, 0.5) is 5.82 Å². The van der Waals surface area contributed by atoms with Gasteiger partial charge in [-0.2, -0.15) is 5.10 Å². The van der Waals surface area contributed by atoms with Crippen LogP contribution in [0.5, 0.6) is 5.75 Å². The van der Waals surface area contributed by atoms with Gasteiger partial charge in [0.2, 0.25) is 0 Å². The van der Waals surface area contributed by atoms with Crippen molar-refractivity contribution in [2.75, 3.05) is 25.0 Å². The molecule has 0 fully saturated rings. The summed E-state index contributed by atoms with van der Waals surface area (Å²) in [5.41, 5.74) is 7.85. The molecule has 8 heteroatoms. The molecular formula is C16H17N5O3. The Kier molecular flexibility index (Phi) is 4.57. The minimum absolute atomic E-state index is 0.385. The van der Waals surface area contributed by atoms with Gasteiger partial charge < -0.3 is 20.9 Å². The number of hydrogen-bond donors (Lipinski definition) is 3. The summed E-state index contributed by atoms with van der Waals surface area (Å²) >= 11 is 0. The fourth-order valence-electron chi connectivity index (χ4n) is 2.27.